The fourth-order valence-corrected chi connectivity index (χ4v) is 7.92. The quantitative estimate of drug-likeness (QED) is 0.230. The van der Waals surface area contributed by atoms with Gasteiger partial charge in [0.15, 0.2) is 13.4 Å². The van der Waals surface area contributed by atoms with Gasteiger partial charge in [0.1, 0.15) is 0 Å². The molecule has 0 amide bonds. The molecule has 0 spiro atoms. The maximum Gasteiger partial charge on any atom is 0.175 e. The van der Waals surface area contributed by atoms with Gasteiger partial charge in [0.05, 0.1) is 0 Å². The van der Waals surface area contributed by atoms with Crippen molar-refractivity contribution in [3.63, 3.8) is 0 Å². The van der Waals surface area contributed by atoms with Gasteiger partial charge in [0.2, 0.25) is 0 Å². The van der Waals surface area contributed by atoms with Crippen molar-refractivity contribution in [2.24, 2.45) is 11.8 Å². The summed E-state index contributed by atoms with van der Waals surface area (Å²) in [6.07, 6.45) is 22.0. The summed E-state index contributed by atoms with van der Waals surface area (Å²) >= 11 is 0. The Morgan fingerprint density at radius 3 is 1.41 bits per heavy atom. The molecule has 0 radical (unpaired) electrons. The fraction of sp³-hybridized carbons (Fsp3) is 0.657. The van der Waals surface area contributed by atoms with Crippen LogP contribution in [0.5, 0.6) is 0 Å². The predicted molar refractivity (Wildman–Crippen MR) is 168 cm³/mol. The lowest BCUT2D eigenvalue weighted by Gasteiger charge is -2.39. The molecule has 0 bridgehead atoms. The lowest BCUT2D eigenvalue weighted by molar-refractivity contribution is 0.266. The summed E-state index contributed by atoms with van der Waals surface area (Å²) in [5, 5.41) is 0. The molecule has 2 aromatic rings. The van der Waals surface area contributed by atoms with Gasteiger partial charge in [-0.05, 0) is 46.9 Å². The molecule has 2 fully saturated rings. The largest absolute Gasteiger partial charge is 0.175 e. The standard InChI is InChI=1S/C35H52B2/c1-5-9-13-27(7-3)25-35(26-28(8-4)14-10-6-2)33-23-29(36-19-11-20-36)15-17-31(33)32-18-16-30(24-34(32)35)37-21-12-22-37/h15-18,23-24,27-28H,5-14,19-22,25-26H2,1-4H3. The number of hydrogen-bond donors (Lipinski definition) is 0. The average Bonchev–Trinajstić information content (AvgIpc) is 3.10. The molecular formula is C35H52B2. The highest BCUT2D eigenvalue weighted by molar-refractivity contribution is 6.76. The molecule has 0 aromatic heterocycles. The zero-order valence-corrected chi connectivity index (χ0v) is 24.6. The molecule has 2 heterocycles. The molecule has 0 saturated carbocycles. The van der Waals surface area contributed by atoms with Gasteiger partial charge in [-0.15, -0.1) is 0 Å². The molecule has 1 aliphatic carbocycles. The van der Waals surface area contributed by atoms with E-state index in [2.05, 4.69) is 64.1 Å². The van der Waals surface area contributed by atoms with E-state index in [1.54, 1.807) is 33.2 Å². The molecule has 2 atom stereocenters. The molecule has 2 saturated heterocycles. The van der Waals surface area contributed by atoms with Gasteiger partial charge in [-0.2, -0.15) is 0 Å². The molecule has 2 aliphatic heterocycles. The minimum atomic E-state index is 0.201. The summed E-state index contributed by atoms with van der Waals surface area (Å²) < 4.78 is 0. The molecule has 5 rings (SSSR count). The van der Waals surface area contributed by atoms with Crippen LogP contribution in [0.1, 0.15) is 116 Å². The van der Waals surface area contributed by atoms with E-state index in [1.807, 2.05) is 0 Å². The van der Waals surface area contributed by atoms with Gasteiger partial charge in [-0.1, -0.05) is 165 Å². The van der Waals surface area contributed by atoms with Crippen LogP contribution >= 0.6 is 0 Å². The van der Waals surface area contributed by atoms with Crippen LogP contribution in [-0.4, -0.2) is 13.4 Å². The van der Waals surface area contributed by atoms with Crippen LogP contribution in [0.3, 0.4) is 0 Å². The lowest BCUT2D eigenvalue weighted by Crippen LogP contribution is -2.39. The SMILES string of the molecule is CCCCC(CC)CC1(CC(CC)CCCC)c2cc(B3CCC3)ccc2-c2ccc(B3CCC3)cc21. The highest BCUT2D eigenvalue weighted by Crippen LogP contribution is 2.56. The van der Waals surface area contributed by atoms with E-state index >= 15 is 0 Å². The maximum atomic E-state index is 2.74. The van der Waals surface area contributed by atoms with Crippen LogP contribution in [0.2, 0.25) is 25.3 Å². The van der Waals surface area contributed by atoms with Crippen molar-refractivity contribution >= 4 is 24.4 Å². The second-order valence-electron chi connectivity index (χ2n) is 13.2. The van der Waals surface area contributed by atoms with Crippen molar-refractivity contribution in [3.8, 4) is 11.1 Å². The minimum absolute atomic E-state index is 0.201. The summed E-state index contributed by atoms with van der Waals surface area (Å²) in [5.41, 5.74) is 10.1. The van der Waals surface area contributed by atoms with E-state index in [1.165, 1.54) is 102 Å². The normalized spacial score (nSPS) is 19.1. The van der Waals surface area contributed by atoms with Crippen LogP contribution < -0.4 is 10.9 Å². The Kier molecular flexibility index (Phi) is 8.93. The van der Waals surface area contributed by atoms with E-state index in [9.17, 15) is 0 Å². The Morgan fingerprint density at radius 1 is 0.649 bits per heavy atom. The molecule has 0 nitrogen and oxygen atoms in total. The molecule has 0 N–H and O–H groups in total. The summed E-state index contributed by atoms with van der Waals surface area (Å²) in [7, 11) is 0. The van der Waals surface area contributed by atoms with Gasteiger partial charge in [-0.3, -0.25) is 0 Å². The Hall–Kier alpha value is -1.43. The van der Waals surface area contributed by atoms with Gasteiger partial charge in [0, 0.05) is 5.41 Å². The van der Waals surface area contributed by atoms with Crippen LogP contribution in [0.4, 0.5) is 0 Å². The lowest BCUT2D eigenvalue weighted by atomic mass is 9.32. The van der Waals surface area contributed by atoms with E-state index < -0.39 is 0 Å². The number of benzene rings is 2. The summed E-state index contributed by atoms with van der Waals surface area (Å²) in [4.78, 5) is 0. The van der Waals surface area contributed by atoms with Crippen molar-refractivity contribution < 1.29 is 0 Å². The zero-order chi connectivity index (χ0) is 25.8. The van der Waals surface area contributed by atoms with Gasteiger partial charge in [0.25, 0.3) is 0 Å². The number of hydrogen-bond acceptors (Lipinski definition) is 0. The molecule has 2 aromatic carbocycles. The molecule has 3 aliphatic rings. The Bertz CT molecular complexity index is 948. The van der Waals surface area contributed by atoms with Crippen LogP contribution in [0, 0.1) is 11.8 Å². The Balaban J connectivity index is 1.65. The van der Waals surface area contributed by atoms with E-state index in [0.29, 0.717) is 0 Å². The van der Waals surface area contributed by atoms with Gasteiger partial charge in [-0.25, -0.2) is 0 Å². The third-order valence-corrected chi connectivity index (χ3v) is 10.9. The minimum Gasteiger partial charge on any atom is -0.0797 e. The first kappa shape index (κ1) is 27.1. The molecule has 2 heteroatoms. The molecule has 2 unspecified atom stereocenters. The first-order valence-electron chi connectivity index (χ1n) is 16.4. The van der Waals surface area contributed by atoms with Crippen molar-refractivity contribution in [1.29, 1.82) is 0 Å². The second-order valence-corrected chi connectivity index (χ2v) is 13.2. The van der Waals surface area contributed by atoms with Crippen molar-refractivity contribution in [3.05, 3.63) is 47.5 Å². The highest BCUT2D eigenvalue weighted by Gasteiger charge is 2.46. The van der Waals surface area contributed by atoms with E-state index in [4.69, 9.17) is 0 Å². The topological polar surface area (TPSA) is 0 Å². The van der Waals surface area contributed by atoms with Crippen LogP contribution in [0.15, 0.2) is 36.4 Å². The zero-order valence-electron chi connectivity index (χ0n) is 24.6. The Morgan fingerprint density at radius 2 is 1.08 bits per heavy atom. The number of rotatable bonds is 14. The van der Waals surface area contributed by atoms with E-state index in [-0.39, 0.29) is 5.41 Å². The highest BCUT2D eigenvalue weighted by atomic mass is 14.5. The van der Waals surface area contributed by atoms with Crippen LogP contribution in [0.25, 0.3) is 11.1 Å². The van der Waals surface area contributed by atoms with Crippen molar-refractivity contribution in [2.45, 2.75) is 135 Å². The van der Waals surface area contributed by atoms with Crippen molar-refractivity contribution in [1.82, 2.24) is 0 Å². The van der Waals surface area contributed by atoms with Crippen LogP contribution in [-0.2, 0) is 5.41 Å². The van der Waals surface area contributed by atoms with Gasteiger partial charge < -0.3 is 0 Å². The molecular weight excluding hydrogens is 442 g/mol. The number of unbranched alkanes of at least 4 members (excludes halogenated alkanes) is 2. The monoisotopic (exact) mass is 494 g/mol. The summed E-state index contributed by atoms with van der Waals surface area (Å²) in [5.74, 6) is 1.64. The van der Waals surface area contributed by atoms with E-state index in [0.717, 1.165) is 25.3 Å². The van der Waals surface area contributed by atoms with Gasteiger partial charge >= 0.3 is 0 Å². The maximum absolute atomic E-state index is 2.74. The third-order valence-electron chi connectivity index (χ3n) is 10.9. The second kappa shape index (κ2) is 12.2. The fourth-order valence-electron chi connectivity index (χ4n) is 7.92. The van der Waals surface area contributed by atoms with Crippen molar-refractivity contribution in [2.75, 3.05) is 0 Å². The molecule has 198 valence electrons. The average molecular weight is 494 g/mol. The third kappa shape index (κ3) is 5.38. The first-order valence-corrected chi connectivity index (χ1v) is 16.4. The predicted octanol–water partition coefficient (Wildman–Crippen LogP) is 9.38. The first-order chi connectivity index (χ1) is 18.1. The number of fused-ring (bicyclic) bond motifs is 3. The summed E-state index contributed by atoms with van der Waals surface area (Å²) in [6.45, 7) is 11.3. The smallest absolute Gasteiger partial charge is 0.0797 e. The molecule has 37 heavy (non-hydrogen) atoms. The summed E-state index contributed by atoms with van der Waals surface area (Å²) in [6, 6.07) is 15.6. The Labute approximate surface area is 230 Å².